The lowest BCUT2D eigenvalue weighted by Gasteiger charge is -2.15. The fraction of sp³-hybridized carbons (Fsp3) is 0.118. The summed E-state index contributed by atoms with van der Waals surface area (Å²) in [6.45, 7) is 1.58. The molecule has 6 nitrogen and oxygen atoms in total. The molecule has 0 saturated carbocycles. The van der Waals surface area contributed by atoms with E-state index < -0.39 is 12.1 Å². The number of nitrogens with one attached hydrogen (secondary N) is 3. The highest BCUT2D eigenvalue weighted by molar-refractivity contribution is 5.99. The number of nitriles is 1. The van der Waals surface area contributed by atoms with Crippen LogP contribution in [0.5, 0.6) is 0 Å². The number of anilines is 2. The molecular weight excluding hydrogens is 292 g/mol. The summed E-state index contributed by atoms with van der Waals surface area (Å²) in [6.07, 6.45) is 0. The van der Waals surface area contributed by atoms with E-state index >= 15 is 0 Å². The van der Waals surface area contributed by atoms with E-state index in [1.54, 1.807) is 55.5 Å². The molecule has 0 aromatic heterocycles. The first-order chi connectivity index (χ1) is 11.1. The van der Waals surface area contributed by atoms with Crippen LogP contribution in [-0.4, -0.2) is 18.0 Å². The van der Waals surface area contributed by atoms with Crippen molar-refractivity contribution in [3.63, 3.8) is 0 Å². The zero-order chi connectivity index (χ0) is 16.7. The normalized spacial score (nSPS) is 11.0. The fourth-order valence-electron chi connectivity index (χ4n) is 1.87. The molecule has 116 valence electrons. The largest absolute Gasteiger partial charge is 0.326 e. The van der Waals surface area contributed by atoms with Crippen molar-refractivity contribution in [2.45, 2.75) is 13.0 Å². The van der Waals surface area contributed by atoms with Crippen LogP contribution in [0.2, 0.25) is 0 Å². The molecule has 3 amide bonds. The van der Waals surface area contributed by atoms with Crippen LogP contribution in [0.25, 0.3) is 0 Å². The molecule has 0 heterocycles. The van der Waals surface area contributed by atoms with Gasteiger partial charge >= 0.3 is 6.03 Å². The van der Waals surface area contributed by atoms with Gasteiger partial charge in [0, 0.05) is 11.4 Å². The molecular formula is C17H16N4O2. The molecule has 0 aliphatic rings. The van der Waals surface area contributed by atoms with Crippen LogP contribution in [0.15, 0.2) is 54.6 Å². The van der Waals surface area contributed by atoms with Crippen LogP contribution in [0.4, 0.5) is 16.2 Å². The van der Waals surface area contributed by atoms with Crippen molar-refractivity contribution in [1.29, 1.82) is 5.26 Å². The van der Waals surface area contributed by atoms with E-state index in [-0.39, 0.29) is 5.91 Å². The fourth-order valence-corrected chi connectivity index (χ4v) is 1.87. The molecule has 6 heteroatoms. The van der Waals surface area contributed by atoms with E-state index in [0.29, 0.717) is 16.9 Å². The highest BCUT2D eigenvalue weighted by atomic mass is 16.2. The summed E-state index contributed by atoms with van der Waals surface area (Å²) >= 11 is 0. The molecule has 2 aromatic rings. The van der Waals surface area contributed by atoms with Gasteiger partial charge in [-0.2, -0.15) is 5.26 Å². The second-order valence-electron chi connectivity index (χ2n) is 4.87. The maximum atomic E-state index is 12.1. The maximum absolute atomic E-state index is 12.1. The van der Waals surface area contributed by atoms with Gasteiger partial charge in [0.2, 0.25) is 5.91 Å². The van der Waals surface area contributed by atoms with Gasteiger partial charge in [-0.25, -0.2) is 4.79 Å². The minimum Gasteiger partial charge on any atom is -0.326 e. The van der Waals surface area contributed by atoms with Gasteiger partial charge in [0.1, 0.15) is 6.04 Å². The summed E-state index contributed by atoms with van der Waals surface area (Å²) in [4.78, 5) is 23.9. The molecule has 3 N–H and O–H groups in total. The molecule has 0 saturated heterocycles. The first kappa shape index (κ1) is 16.0. The molecule has 0 aliphatic carbocycles. The Hall–Kier alpha value is -3.33. The van der Waals surface area contributed by atoms with Gasteiger partial charge in [0.15, 0.2) is 0 Å². The number of nitrogens with zero attached hydrogens (tertiary/aromatic N) is 1. The van der Waals surface area contributed by atoms with Gasteiger partial charge in [-0.05, 0) is 37.3 Å². The molecule has 0 radical (unpaired) electrons. The summed E-state index contributed by atoms with van der Waals surface area (Å²) < 4.78 is 0. The van der Waals surface area contributed by atoms with Gasteiger partial charge in [-0.15, -0.1) is 0 Å². The number of carbonyl (C=O) groups excluding carboxylic acids is 2. The maximum Gasteiger partial charge on any atom is 0.319 e. The third-order valence-electron chi connectivity index (χ3n) is 3.03. The lowest BCUT2D eigenvalue weighted by Crippen LogP contribution is -2.43. The van der Waals surface area contributed by atoms with Crippen molar-refractivity contribution in [1.82, 2.24) is 5.32 Å². The molecule has 0 aliphatic heterocycles. The third-order valence-corrected chi connectivity index (χ3v) is 3.03. The minimum absolute atomic E-state index is 0.372. The summed E-state index contributed by atoms with van der Waals surface area (Å²) in [5.41, 5.74) is 1.59. The summed E-state index contributed by atoms with van der Waals surface area (Å²) in [5, 5.41) is 16.7. The van der Waals surface area contributed by atoms with Gasteiger partial charge in [0.05, 0.1) is 11.6 Å². The van der Waals surface area contributed by atoms with E-state index in [9.17, 15) is 9.59 Å². The summed E-state index contributed by atoms with van der Waals surface area (Å²) in [7, 11) is 0. The van der Waals surface area contributed by atoms with Gasteiger partial charge < -0.3 is 16.0 Å². The predicted octanol–water partition coefficient (Wildman–Crippen LogP) is 2.71. The van der Waals surface area contributed by atoms with Crippen LogP contribution in [0.3, 0.4) is 0 Å². The number of amides is 3. The Morgan fingerprint density at radius 2 is 1.70 bits per heavy atom. The monoisotopic (exact) mass is 308 g/mol. The molecule has 0 bridgehead atoms. The number of hydrogen-bond acceptors (Lipinski definition) is 3. The van der Waals surface area contributed by atoms with Crippen LogP contribution in [0, 0.1) is 11.3 Å². The van der Waals surface area contributed by atoms with E-state index in [1.165, 1.54) is 0 Å². The first-order valence-electron chi connectivity index (χ1n) is 7.02. The molecule has 2 aromatic carbocycles. The molecule has 0 spiro atoms. The second kappa shape index (κ2) is 7.61. The quantitative estimate of drug-likeness (QED) is 0.810. The standard InChI is InChI=1S/C17H16N4O2/c1-12(19-17(23)21-14-7-3-2-4-8-14)16(22)20-15-9-5-6-13(10-15)11-18/h2-10,12H,1H3,(H,20,22)(H2,19,21,23). The lowest BCUT2D eigenvalue weighted by molar-refractivity contribution is -0.117. The summed E-state index contributed by atoms with van der Waals surface area (Å²) in [5.74, 6) is -0.372. The van der Waals surface area contributed by atoms with Gasteiger partial charge in [-0.3, -0.25) is 4.79 Å². The van der Waals surface area contributed by atoms with Gasteiger partial charge in [-0.1, -0.05) is 24.3 Å². The average Bonchev–Trinajstić information content (AvgIpc) is 2.55. The van der Waals surface area contributed by atoms with Crippen LogP contribution >= 0.6 is 0 Å². The van der Waals surface area contributed by atoms with Crippen LogP contribution < -0.4 is 16.0 Å². The Morgan fingerprint density at radius 1 is 1.00 bits per heavy atom. The zero-order valence-electron chi connectivity index (χ0n) is 12.5. The smallest absolute Gasteiger partial charge is 0.319 e. The highest BCUT2D eigenvalue weighted by Gasteiger charge is 2.15. The van der Waals surface area contributed by atoms with Crippen molar-refractivity contribution in [3.05, 3.63) is 60.2 Å². The van der Waals surface area contributed by atoms with E-state index in [1.807, 2.05) is 12.1 Å². The summed E-state index contributed by atoms with van der Waals surface area (Å²) in [6, 6.07) is 16.3. The molecule has 1 unspecified atom stereocenters. The second-order valence-corrected chi connectivity index (χ2v) is 4.87. The number of hydrogen-bond donors (Lipinski definition) is 3. The van der Waals surface area contributed by atoms with E-state index in [4.69, 9.17) is 5.26 Å². The Bertz CT molecular complexity index is 738. The van der Waals surface area contributed by atoms with E-state index in [0.717, 1.165) is 0 Å². The first-order valence-corrected chi connectivity index (χ1v) is 7.02. The Balaban J connectivity index is 1.89. The molecule has 1 atom stereocenters. The van der Waals surface area contributed by atoms with Crippen LogP contribution in [-0.2, 0) is 4.79 Å². The number of para-hydroxylation sites is 1. The third kappa shape index (κ3) is 4.86. The number of benzene rings is 2. The number of urea groups is 1. The Labute approximate surface area is 134 Å². The average molecular weight is 308 g/mol. The van der Waals surface area contributed by atoms with Crippen LogP contribution in [0.1, 0.15) is 12.5 Å². The molecule has 0 fully saturated rings. The zero-order valence-corrected chi connectivity index (χ0v) is 12.5. The SMILES string of the molecule is CC(NC(=O)Nc1ccccc1)C(=O)Nc1cccc(C#N)c1. The van der Waals surface area contributed by atoms with Crippen molar-refractivity contribution < 1.29 is 9.59 Å². The lowest BCUT2D eigenvalue weighted by atomic mass is 10.2. The van der Waals surface area contributed by atoms with E-state index in [2.05, 4.69) is 16.0 Å². The molecule has 23 heavy (non-hydrogen) atoms. The number of rotatable bonds is 4. The minimum atomic E-state index is -0.732. The van der Waals surface area contributed by atoms with Gasteiger partial charge in [0.25, 0.3) is 0 Å². The number of carbonyl (C=O) groups is 2. The topological polar surface area (TPSA) is 94.0 Å². The molecule has 2 rings (SSSR count). The van der Waals surface area contributed by atoms with Crippen molar-refractivity contribution >= 4 is 23.3 Å². The highest BCUT2D eigenvalue weighted by Crippen LogP contribution is 2.10. The Kier molecular flexibility index (Phi) is 5.31. The van der Waals surface area contributed by atoms with Crippen molar-refractivity contribution in [3.8, 4) is 6.07 Å². The Morgan fingerprint density at radius 3 is 2.39 bits per heavy atom. The van der Waals surface area contributed by atoms with Crippen molar-refractivity contribution in [2.24, 2.45) is 0 Å². The predicted molar refractivity (Wildman–Crippen MR) is 87.8 cm³/mol. The van der Waals surface area contributed by atoms with Crippen molar-refractivity contribution in [2.75, 3.05) is 10.6 Å².